The molecule has 0 spiro atoms. The molecule has 1 atom stereocenters. The van der Waals surface area contributed by atoms with E-state index in [0.29, 0.717) is 12.3 Å². The van der Waals surface area contributed by atoms with Gasteiger partial charge in [0, 0.05) is 20.2 Å². The van der Waals surface area contributed by atoms with Crippen LogP contribution >= 0.6 is 11.6 Å². The fourth-order valence-electron chi connectivity index (χ4n) is 2.74. The zero-order valence-electron chi connectivity index (χ0n) is 14.4. The fourth-order valence-corrected chi connectivity index (χ4v) is 2.96. The van der Waals surface area contributed by atoms with E-state index in [9.17, 15) is 9.18 Å². The van der Waals surface area contributed by atoms with Crippen molar-refractivity contribution in [1.82, 2.24) is 9.88 Å². The van der Waals surface area contributed by atoms with Crippen molar-refractivity contribution >= 4 is 17.5 Å². The Labute approximate surface area is 155 Å². The largest absolute Gasteiger partial charge is 0.482 e. The van der Waals surface area contributed by atoms with Gasteiger partial charge in [0.1, 0.15) is 17.8 Å². The molecule has 0 aliphatic carbocycles. The molecule has 8 heteroatoms. The summed E-state index contributed by atoms with van der Waals surface area (Å²) in [5.74, 6) is -0.146. The van der Waals surface area contributed by atoms with Gasteiger partial charge in [-0.25, -0.2) is 9.37 Å². The van der Waals surface area contributed by atoms with Crippen LogP contribution in [0, 0.1) is 5.82 Å². The molecule has 1 amide bonds. The number of likely N-dealkylation sites (N-methyl/N-ethyl adjacent to an activating group) is 1. The van der Waals surface area contributed by atoms with Crippen LogP contribution in [0.1, 0.15) is 35.6 Å². The van der Waals surface area contributed by atoms with Crippen molar-refractivity contribution in [1.29, 1.82) is 0 Å². The van der Waals surface area contributed by atoms with E-state index < -0.39 is 5.82 Å². The lowest BCUT2D eigenvalue weighted by Crippen LogP contribution is -2.37. The Morgan fingerprint density at radius 1 is 1.46 bits per heavy atom. The maximum atomic E-state index is 13.0. The first-order valence-electron chi connectivity index (χ1n) is 8.42. The van der Waals surface area contributed by atoms with E-state index >= 15 is 0 Å². The smallest absolute Gasteiger partial charge is 0.275 e. The molecule has 1 aliphatic heterocycles. The second-order valence-corrected chi connectivity index (χ2v) is 6.57. The van der Waals surface area contributed by atoms with E-state index in [1.807, 2.05) is 0 Å². The van der Waals surface area contributed by atoms with E-state index in [2.05, 4.69) is 4.98 Å². The van der Waals surface area contributed by atoms with Gasteiger partial charge in [-0.2, -0.15) is 0 Å². The third kappa shape index (κ3) is 4.74. The average molecular weight is 383 g/mol. The highest BCUT2D eigenvalue weighted by Gasteiger charge is 2.22. The van der Waals surface area contributed by atoms with Crippen molar-refractivity contribution in [2.45, 2.75) is 32.0 Å². The highest BCUT2D eigenvalue weighted by molar-refractivity contribution is 6.32. The van der Waals surface area contributed by atoms with Crippen LogP contribution in [0.25, 0.3) is 0 Å². The molecule has 0 bridgehead atoms. The normalized spacial score (nSPS) is 17.1. The summed E-state index contributed by atoms with van der Waals surface area (Å²) < 4.78 is 29.4. The van der Waals surface area contributed by atoms with Gasteiger partial charge in [0.25, 0.3) is 5.91 Å². The van der Waals surface area contributed by atoms with Crippen LogP contribution < -0.4 is 4.74 Å². The van der Waals surface area contributed by atoms with Gasteiger partial charge < -0.3 is 18.8 Å². The Bertz CT molecular complexity index is 761. The first kappa shape index (κ1) is 18.7. The summed E-state index contributed by atoms with van der Waals surface area (Å²) in [5, 5.41) is 0.153. The summed E-state index contributed by atoms with van der Waals surface area (Å²) in [4.78, 5) is 18.2. The molecule has 0 N–H and O–H groups in total. The van der Waals surface area contributed by atoms with Crippen LogP contribution in [0.2, 0.25) is 5.02 Å². The molecule has 0 saturated carbocycles. The highest BCUT2D eigenvalue weighted by atomic mass is 35.5. The lowest BCUT2D eigenvalue weighted by atomic mass is 10.1. The van der Waals surface area contributed by atoms with Crippen LogP contribution in [0.4, 0.5) is 4.39 Å². The van der Waals surface area contributed by atoms with E-state index in [-0.39, 0.29) is 35.2 Å². The van der Waals surface area contributed by atoms with Crippen LogP contribution in [-0.4, -0.2) is 42.1 Å². The predicted molar refractivity (Wildman–Crippen MR) is 92.8 cm³/mol. The molecule has 6 nitrogen and oxygen atoms in total. The number of rotatable bonds is 6. The van der Waals surface area contributed by atoms with Gasteiger partial charge in [-0.1, -0.05) is 11.6 Å². The topological polar surface area (TPSA) is 64.8 Å². The maximum absolute atomic E-state index is 13.0. The summed E-state index contributed by atoms with van der Waals surface area (Å²) in [6, 6.07) is 3.82. The van der Waals surface area contributed by atoms with Gasteiger partial charge in [-0.15, -0.1) is 0 Å². The molecule has 1 aromatic heterocycles. The number of nitrogens with zero attached hydrogens (tertiary/aromatic N) is 2. The third-order valence-corrected chi connectivity index (χ3v) is 4.41. The lowest BCUT2D eigenvalue weighted by Gasteiger charge is -2.26. The van der Waals surface area contributed by atoms with E-state index in [4.69, 9.17) is 25.5 Å². The maximum Gasteiger partial charge on any atom is 0.275 e. The van der Waals surface area contributed by atoms with Crippen molar-refractivity contribution in [2.75, 3.05) is 20.2 Å². The third-order valence-electron chi connectivity index (χ3n) is 4.11. The molecule has 1 saturated heterocycles. The molecule has 2 aromatic rings. The quantitative estimate of drug-likeness (QED) is 0.762. The summed E-state index contributed by atoms with van der Waals surface area (Å²) in [6.45, 7) is 1.24. The minimum atomic E-state index is -0.448. The Hall–Kier alpha value is -2.12. The molecule has 140 valence electrons. The summed E-state index contributed by atoms with van der Waals surface area (Å²) in [7, 11) is 1.71. The summed E-state index contributed by atoms with van der Waals surface area (Å²) in [6.07, 6.45) is 4.50. The molecular weight excluding hydrogens is 363 g/mol. The van der Waals surface area contributed by atoms with Gasteiger partial charge in [0.2, 0.25) is 5.89 Å². The molecule has 0 radical (unpaired) electrons. The van der Waals surface area contributed by atoms with Gasteiger partial charge in [-0.3, -0.25) is 4.79 Å². The number of ether oxygens (including phenoxy) is 2. The Kier molecular flexibility index (Phi) is 6.11. The number of oxazole rings is 1. The van der Waals surface area contributed by atoms with E-state index in [1.165, 1.54) is 18.4 Å². The molecule has 1 aliphatic rings. The van der Waals surface area contributed by atoms with Gasteiger partial charge in [0.05, 0.1) is 11.1 Å². The van der Waals surface area contributed by atoms with Crippen molar-refractivity contribution in [3.8, 4) is 5.75 Å². The molecule has 0 unspecified atom stereocenters. The number of amides is 1. The number of aromatic nitrogens is 1. The summed E-state index contributed by atoms with van der Waals surface area (Å²) >= 11 is 5.90. The lowest BCUT2D eigenvalue weighted by molar-refractivity contribution is -0.000293. The fraction of sp³-hybridized carbons (Fsp3) is 0.444. The van der Waals surface area contributed by atoms with Crippen LogP contribution in [0.15, 0.2) is 28.9 Å². The Balaban J connectivity index is 1.55. The number of carbonyl (C=O) groups is 1. The zero-order chi connectivity index (χ0) is 18.5. The van der Waals surface area contributed by atoms with E-state index in [0.717, 1.165) is 31.9 Å². The average Bonchev–Trinajstić information content (AvgIpc) is 3.10. The highest BCUT2D eigenvalue weighted by Crippen LogP contribution is 2.25. The van der Waals surface area contributed by atoms with E-state index in [1.54, 1.807) is 11.9 Å². The number of benzene rings is 1. The second kappa shape index (κ2) is 8.51. The monoisotopic (exact) mass is 382 g/mol. The number of hydrogen-bond donors (Lipinski definition) is 0. The SMILES string of the molecule is CN(C[C@@H]1CCCCO1)C(=O)c1coc(COc2ccc(F)cc2Cl)n1. The first-order valence-corrected chi connectivity index (χ1v) is 8.80. The van der Waals surface area contributed by atoms with Crippen LogP contribution in [0.3, 0.4) is 0 Å². The van der Waals surface area contributed by atoms with Crippen molar-refractivity contribution in [3.05, 3.63) is 46.9 Å². The summed E-state index contributed by atoms with van der Waals surface area (Å²) in [5.41, 5.74) is 0.201. The Morgan fingerprint density at radius 2 is 2.31 bits per heavy atom. The molecule has 2 heterocycles. The van der Waals surface area contributed by atoms with Crippen LogP contribution in [-0.2, 0) is 11.3 Å². The minimum Gasteiger partial charge on any atom is -0.482 e. The molecule has 1 fully saturated rings. The van der Waals surface area contributed by atoms with Gasteiger partial charge in [0.15, 0.2) is 12.3 Å². The minimum absolute atomic E-state index is 0.0198. The standard InChI is InChI=1S/C18H20ClFN2O4/c1-22(9-13-4-2-3-7-24-13)18(23)15-10-26-17(21-15)11-25-16-6-5-12(20)8-14(16)19/h5-6,8,10,13H,2-4,7,9,11H2,1H3/t13-/m0/s1. The predicted octanol–water partition coefficient (Wildman–Crippen LogP) is 3.69. The van der Waals surface area contributed by atoms with Gasteiger partial charge in [-0.05, 0) is 37.5 Å². The Morgan fingerprint density at radius 3 is 3.04 bits per heavy atom. The van der Waals surface area contributed by atoms with Crippen molar-refractivity contribution < 1.29 is 23.1 Å². The zero-order valence-corrected chi connectivity index (χ0v) is 15.2. The molecule has 1 aromatic carbocycles. The molecular formula is C18H20ClFN2O4. The van der Waals surface area contributed by atoms with Gasteiger partial charge >= 0.3 is 0 Å². The first-order chi connectivity index (χ1) is 12.5. The number of hydrogen-bond acceptors (Lipinski definition) is 5. The molecule has 26 heavy (non-hydrogen) atoms. The van der Waals surface area contributed by atoms with Crippen LogP contribution in [0.5, 0.6) is 5.75 Å². The van der Waals surface area contributed by atoms with Crippen molar-refractivity contribution in [2.24, 2.45) is 0 Å². The second-order valence-electron chi connectivity index (χ2n) is 6.16. The molecule has 3 rings (SSSR count). The number of carbonyl (C=O) groups excluding carboxylic acids is 1. The number of halogens is 2. The van der Waals surface area contributed by atoms with Crippen molar-refractivity contribution in [3.63, 3.8) is 0 Å².